The van der Waals surface area contributed by atoms with Crippen molar-refractivity contribution in [3.05, 3.63) is 0 Å². The third-order valence-electron chi connectivity index (χ3n) is 3.00. The molecule has 92 valence electrons. The molecule has 0 aromatic rings. The number of halogens is 1. The van der Waals surface area contributed by atoms with E-state index < -0.39 is 10.0 Å². The van der Waals surface area contributed by atoms with Crippen LogP contribution in [0.3, 0.4) is 0 Å². The highest BCUT2D eigenvalue weighted by Crippen LogP contribution is 2.21. The zero-order valence-electron chi connectivity index (χ0n) is 9.35. The normalized spacial score (nSPS) is 22.1. The summed E-state index contributed by atoms with van der Waals surface area (Å²) in [6.07, 6.45) is 1.80. The third-order valence-corrected chi connectivity index (χ3v) is 4.88. The van der Waals surface area contributed by atoms with Crippen LogP contribution in [0.4, 0.5) is 0 Å². The van der Waals surface area contributed by atoms with Crippen LogP contribution in [0.5, 0.6) is 0 Å². The van der Waals surface area contributed by atoms with Gasteiger partial charge in [0.25, 0.3) is 0 Å². The van der Waals surface area contributed by atoms with Crippen LogP contribution in [0.1, 0.15) is 26.7 Å². The molecule has 2 N–H and O–H groups in total. The molecule has 1 aliphatic heterocycles. The number of piperidine rings is 1. The van der Waals surface area contributed by atoms with E-state index in [1.54, 1.807) is 11.2 Å². The summed E-state index contributed by atoms with van der Waals surface area (Å²) in [5, 5.41) is 0. The summed E-state index contributed by atoms with van der Waals surface area (Å²) >= 11 is 0. The molecule has 15 heavy (non-hydrogen) atoms. The summed E-state index contributed by atoms with van der Waals surface area (Å²) in [6.45, 7) is 4.96. The Kier molecular flexibility index (Phi) is 6.10. The molecule has 1 fully saturated rings. The molecular formula is C9H21ClN2O2S. The van der Waals surface area contributed by atoms with Crippen molar-refractivity contribution < 1.29 is 8.42 Å². The second kappa shape index (κ2) is 6.03. The molecule has 0 spiro atoms. The van der Waals surface area contributed by atoms with Gasteiger partial charge in [0.15, 0.2) is 0 Å². The highest BCUT2D eigenvalue weighted by molar-refractivity contribution is 7.89. The second-order valence-electron chi connectivity index (χ2n) is 4.00. The molecule has 0 aliphatic carbocycles. The maximum Gasteiger partial charge on any atom is 0.213 e. The standard InChI is InChI=1S/C9H20N2O2S.ClH/c1-3-14(12,13)11-6-4-9(5-7-11)8(2)10;/h8-9H,3-7,10H2,1-2H3;1H. The van der Waals surface area contributed by atoms with Crippen molar-refractivity contribution >= 4 is 22.4 Å². The zero-order valence-corrected chi connectivity index (χ0v) is 11.0. The van der Waals surface area contributed by atoms with Crippen molar-refractivity contribution in [1.82, 2.24) is 4.31 Å². The molecule has 1 rings (SSSR count). The minimum atomic E-state index is -2.98. The Morgan fingerprint density at radius 3 is 2.20 bits per heavy atom. The van der Waals surface area contributed by atoms with Gasteiger partial charge in [-0.25, -0.2) is 12.7 Å². The van der Waals surface area contributed by atoms with Gasteiger partial charge in [-0.3, -0.25) is 0 Å². The van der Waals surface area contributed by atoms with E-state index in [0.717, 1.165) is 12.8 Å². The minimum Gasteiger partial charge on any atom is -0.328 e. The molecule has 0 amide bonds. The molecule has 0 aromatic carbocycles. The Labute approximate surface area is 98.7 Å². The highest BCUT2D eigenvalue weighted by Gasteiger charge is 2.27. The Bertz CT molecular complexity index is 272. The Balaban J connectivity index is 0.00000196. The molecule has 6 heteroatoms. The van der Waals surface area contributed by atoms with Crippen molar-refractivity contribution in [3.63, 3.8) is 0 Å². The van der Waals surface area contributed by atoms with Crippen LogP contribution in [0.25, 0.3) is 0 Å². The van der Waals surface area contributed by atoms with Crippen LogP contribution in [0.15, 0.2) is 0 Å². The molecule has 1 aliphatic rings. The van der Waals surface area contributed by atoms with Gasteiger partial charge in [0.05, 0.1) is 5.75 Å². The van der Waals surface area contributed by atoms with Gasteiger partial charge in [-0.05, 0) is 32.6 Å². The van der Waals surface area contributed by atoms with Crippen molar-refractivity contribution in [2.45, 2.75) is 32.7 Å². The second-order valence-corrected chi connectivity index (χ2v) is 6.25. The van der Waals surface area contributed by atoms with E-state index in [0.29, 0.717) is 19.0 Å². The van der Waals surface area contributed by atoms with E-state index >= 15 is 0 Å². The van der Waals surface area contributed by atoms with Gasteiger partial charge in [-0.15, -0.1) is 12.4 Å². The molecule has 1 saturated heterocycles. The molecule has 0 bridgehead atoms. The first-order valence-electron chi connectivity index (χ1n) is 5.20. The van der Waals surface area contributed by atoms with Gasteiger partial charge in [0.2, 0.25) is 10.0 Å². The lowest BCUT2D eigenvalue weighted by molar-refractivity contribution is 0.251. The smallest absolute Gasteiger partial charge is 0.213 e. The van der Waals surface area contributed by atoms with E-state index in [4.69, 9.17) is 5.73 Å². The highest BCUT2D eigenvalue weighted by atomic mass is 35.5. The van der Waals surface area contributed by atoms with Crippen LogP contribution in [-0.2, 0) is 10.0 Å². The third kappa shape index (κ3) is 3.90. The number of hydrogen-bond donors (Lipinski definition) is 1. The summed E-state index contributed by atoms with van der Waals surface area (Å²) < 4.78 is 24.6. The molecule has 0 aromatic heterocycles. The maximum atomic E-state index is 11.5. The zero-order chi connectivity index (χ0) is 10.8. The number of sulfonamides is 1. The molecule has 1 atom stereocenters. The van der Waals surface area contributed by atoms with E-state index in [9.17, 15) is 8.42 Å². The molecule has 1 unspecified atom stereocenters. The fourth-order valence-electron chi connectivity index (χ4n) is 1.86. The maximum absolute atomic E-state index is 11.5. The van der Waals surface area contributed by atoms with Crippen LogP contribution in [-0.4, -0.2) is 37.6 Å². The van der Waals surface area contributed by atoms with Crippen LogP contribution >= 0.6 is 12.4 Å². The monoisotopic (exact) mass is 256 g/mol. The van der Waals surface area contributed by atoms with Crippen LogP contribution in [0.2, 0.25) is 0 Å². The molecule has 0 radical (unpaired) electrons. The fraction of sp³-hybridized carbons (Fsp3) is 1.00. The average molecular weight is 257 g/mol. The average Bonchev–Trinajstić information content (AvgIpc) is 2.18. The van der Waals surface area contributed by atoms with E-state index in [2.05, 4.69) is 0 Å². The quantitative estimate of drug-likeness (QED) is 0.813. The Morgan fingerprint density at radius 2 is 1.87 bits per heavy atom. The van der Waals surface area contributed by atoms with Gasteiger partial charge in [0.1, 0.15) is 0 Å². The minimum absolute atomic E-state index is 0. The van der Waals surface area contributed by atoms with Crippen molar-refractivity contribution in [2.24, 2.45) is 11.7 Å². The molecular weight excluding hydrogens is 236 g/mol. The van der Waals surface area contributed by atoms with E-state index in [-0.39, 0.29) is 24.2 Å². The SMILES string of the molecule is CCS(=O)(=O)N1CCC(C(C)N)CC1.Cl. The first-order chi connectivity index (χ1) is 6.47. The lowest BCUT2D eigenvalue weighted by atomic mass is 9.92. The van der Waals surface area contributed by atoms with Crippen LogP contribution < -0.4 is 5.73 Å². The molecule has 4 nitrogen and oxygen atoms in total. The van der Waals surface area contributed by atoms with Crippen molar-refractivity contribution in [2.75, 3.05) is 18.8 Å². The summed E-state index contributed by atoms with van der Waals surface area (Å²) in [6, 6.07) is 0.182. The predicted molar refractivity (Wildman–Crippen MR) is 64.7 cm³/mol. The fourth-order valence-corrected chi connectivity index (χ4v) is 2.99. The molecule has 0 saturated carbocycles. The lowest BCUT2D eigenvalue weighted by Crippen LogP contribution is -2.43. The summed E-state index contributed by atoms with van der Waals surface area (Å²) in [5.41, 5.74) is 5.79. The molecule has 1 heterocycles. The first kappa shape index (κ1) is 15.2. The number of rotatable bonds is 3. The number of nitrogens with zero attached hydrogens (tertiary/aromatic N) is 1. The Hall–Kier alpha value is 0.160. The number of hydrogen-bond acceptors (Lipinski definition) is 3. The van der Waals surface area contributed by atoms with Gasteiger partial charge in [-0.2, -0.15) is 0 Å². The Morgan fingerprint density at radius 1 is 1.40 bits per heavy atom. The lowest BCUT2D eigenvalue weighted by Gasteiger charge is -2.32. The predicted octanol–water partition coefficient (Wildman–Crippen LogP) is 0.817. The van der Waals surface area contributed by atoms with Gasteiger partial charge in [0, 0.05) is 19.1 Å². The van der Waals surface area contributed by atoms with Crippen molar-refractivity contribution in [1.29, 1.82) is 0 Å². The summed E-state index contributed by atoms with van der Waals surface area (Å²) in [5.74, 6) is 0.689. The van der Waals surface area contributed by atoms with Crippen molar-refractivity contribution in [3.8, 4) is 0 Å². The van der Waals surface area contributed by atoms with Crippen LogP contribution in [0, 0.1) is 5.92 Å². The van der Waals surface area contributed by atoms with Gasteiger partial charge < -0.3 is 5.73 Å². The summed E-state index contributed by atoms with van der Waals surface area (Å²) in [4.78, 5) is 0. The van der Waals surface area contributed by atoms with E-state index in [1.165, 1.54) is 0 Å². The van der Waals surface area contributed by atoms with Gasteiger partial charge in [-0.1, -0.05) is 0 Å². The number of nitrogens with two attached hydrogens (primary N) is 1. The first-order valence-corrected chi connectivity index (χ1v) is 6.81. The topological polar surface area (TPSA) is 63.4 Å². The van der Waals surface area contributed by atoms with E-state index in [1.807, 2.05) is 6.92 Å². The largest absolute Gasteiger partial charge is 0.328 e. The summed E-state index contributed by atoms with van der Waals surface area (Å²) in [7, 11) is -2.98. The van der Waals surface area contributed by atoms with Gasteiger partial charge >= 0.3 is 0 Å².